The van der Waals surface area contributed by atoms with E-state index in [1.54, 1.807) is 19.1 Å². The number of ether oxygens (including phenoxy) is 1. The number of hydrogen-bond acceptors (Lipinski definition) is 10. The molecule has 0 aromatic carbocycles. The molecule has 2 bridgehead atoms. The van der Waals surface area contributed by atoms with Crippen molar-refractivity contribution in [3.05, 3.63) is 0 Å². The van der Waals surface area contributed by atoms with Crippen LogP contribution < -0.4 is 10.6 Å². The van der Waals surface area contributed by atoms with Gasteiger partial charge >= 0.3 is 0 Å². The highest BCUT2D eigenvalue weighted by Gasteiger charge is 2.59. The molecule has 1 saturated heterocycles. The van der Waals surface area contributed by atoms with Crippen molar-refractivity contribution in [2.45, 2.75) is 166 Å². The van der Waals surface area contributed by atoms with E-state index in [2.05, 4.69) is 69.4 Å². The first kappa shape index (κ1) is 46.1. The van der Waals surface area contributed by atoms with Gasteiger partial charge in [0.25, 0.3) is 0 Å². The molecule has 58 heavy (non-hydrogen) atoms. The van der Waals surface area contributed by atoms with E-state index in [4.69, 9.17) is 9.57 Å². The smallest absolute Gasteiger partial charge is 0.240 e. The van der Waals surface area contributed by atoms with Crippen LogP contribution in [0, 0.1) is 58.7 Å². The van der Waals surface area contributed by atoms with Crippen molar-refractivity contribution in [1.29, 1.82) is 0 Å². The van der Waals surface area contributed by atoms with Crippen molar-refractivity contribution < 1.29 is 34.5 Å². The van der Waals surface area contributed by atoms with Crippen LogP contribution in [0.15, 0.2) is 0 Å². The van der Waals surface area contributed by atoms with E-state index >= 15 is 0 Å². The van der Waals surface area contributed by atoms with E-state index < -0.39 is 30.2 Å². The van der Waals surface area contributed by atoms with Crippen LogP contribution in [0.5, 0.6) is 0 Å². The van der Waals surface area contributed by atoms with Crippen molar-refractivity contribution in [3.63, 3.8) is 0 Å². The maximum atomic E-state index is 14.6. The highest BCUT2D eigenvalue weighted by molar-refractivity contribution is 5.83. The summed E-state index contributed by atoms with van der Waals surface area (Å²) < 4.78 is 6.48. The highest BCUT2D eigenvalue weighted by atomic mass is 16.7. The maximum absolute atomic E-state index is 14.6. The van der Waals surface area contributed by atoms with Gasteiger partial charge in [0.1, 0.15) is 12.1 Å². The molecule has 2 amide bonds. The highest BCUT2D eigenvalue weighted by Crippen LogP contribution is 2.61. The number of aliphatic hydroxyl groups excluding tert-OH is 3. The lowest BCUT2D eigenvalue weighted by atomic mass is 9.45. The quantitative estimate of drug-likeness (QED) is 0.153. The zero-order chi connectivity index (χ0) is 42.1. The molecule has 7 rings (SSSR count). The Morgan fingerprint density at radius 1 is 0.948 bits per heavy atom. The Labute approximate surface area is 350 Å². The summed E-state index contributed by atoms with van der Waals surface area (Å²) in [6, 6.07) is -1.04. The number of nitrogens with one attached hydrogen (secondary N) is 2. The molecule has 1 heterocycles. The van der Waals surface area contributed by atoms with Gasteiger partial charge in [0.2, 0.25) is 11.8 Å². The van der Waals surface area contributed by atoms with Gasteiger partial charge in [0, 0.05) is 49.5 Å². The molecular formula is C46H83N5O7. The standard InChI is InChI=1S/C46H83N5O7/c1-27-37-22-32(46(37,3)4)23-38(27)48-45(56)42-41(28(2)54)40(26-53)58-51(42)39(25-52)36-17-13-16-35(43(36)57-9)30-19-31(21-34(20-30)50(7)8)44(55)47-33(24-49(5)6)18-29-14-11-10-12-15-29/h27-43,52-54H,10-26H2,1-9H3,(H,47,55)(H,48,56)/t27-,28-,30?,31?,32+,33-,34?,35?,36?,37-,38-,39+,40-,41-,42-,43?/m0/s1. The largest absolute Gasteiger partial charge is 0.395 e. The van der Waals surface area contributed by atoms with Gasteiger partial charge in [0.15, 0.2) is 0 Å². The molecule has 16 atom stereocenters. The van der Waals surface area contributed by atoms with Crippen molar-refractivity contribution >= 4 is 11.8 Å². The number of aliphatic hydroxyl groups is 3. The van der Waals surface area contributed by atoms with Crippen molar-refractivity contribution in [2.24, 2.45) is 58.7 Å². The van der Waals surface area contributed by atoms with Crippen LogP contribution >= 0.6 is 0 Å². The molecule has 6 saturated carbocycles. The summed E-state index contributed by atoms with van der Waals surface area (Å²) in [4.78, 5) is 39.8. The number of nitrogens with zero attached hydrogens (tertiary/aromatic N) is 3. The summed E-state index contributed by atoms with van der Waals surface area (Å²) >= 11 is 0. The topological polar surface area (TPSA) is 147 Å². The Kier molecular flexibility index (Phi) is 15.7. The number of amides is 2. The van der Waals surface area contributed by atoms with Crippen LogP contribution in [-0.2, 0) is 19.2 Å². The number of carbonyl (C=O) groups is 2. The van der Waals surface area contributed by atoms with E-state index in [1.165, 1.54) is 38.5 Å². The molecule has 1 aliphatic heterocycles. The average molecular weight is 818 g/mol. The number of hydroxylamine groups is 2. The number of carbonyl (C=O) groups excluding carboxylic acids is 2. The molecule has 6 unspecified atom stereocenters. The summed E-state index contributed by atoms with van der Waals surface area (Å²) in [5, 5.41) is 41.6. The Balaban J connectivity index is 1.20. The SMILES string of the molecule is COC1C(C2CC(C(=O)N[C@@H](CC3CCCCC3)CN(C)C)CC(N(C)C)C2)CCCC1[C@@H](CO)N1O[C@@H](CO)[C@H]([C@H](C)O)[C@H]1C(=O)N[C@H]1C[C@H]2C[C@@H]([C@@H]1C)C2(C)C. The maximum Gasteiger partial charge on any atom is 0.240 e. The van der Waals surface area contributed by atoms with Gasteiger partial charge in [-0.25, -0.2) is 0 Å². The molecule has 7 aliphatic rings. The summed E-state index contributed by atoms with van der Waals surface area (Å²) in [6.45, 7) is 8.86. The van der Waals surface area contributed by atoms with E-state index in [1.807, 2.05) is 0 Å². The molecule has 12 nitrogen and oxygen atoms in total. The molecule has 6 aliphatic carbocycles. The molecule has 5 N–H and O–H groups in total. The summed E-state index contributed by atoms with van der Waals surface area (Å²) in [6.07, 6.45) is 13.0. The minimum atomic E-state index is -0.918. The second kappa shape index (κ2) is 19.8. The fourth-order valence-electron chi connectivity index (χ4n) is 13.6. The van der Waals surface area contributed by atoms with Crippen molar-refractivity contribution in [1.82, 2.24) is 25.5 Å². The van der Waals surface area contributed by atoms with Crippen LogP contribution in [0.3, 0.4) is 0 Å². The zero-order valence-corrected chi connectivity index (χ0v) is 37.7. The van der Waals surface area contributed by atoms with Crippen molar-refractivity contribution in [2.75, 3.05) is 55.1 Å². The molecule has 0 aromatic heterocycles. The monoisotopic (exact) mass is 818 g/mol. The molecule has 0 aromatic rings. The number of rotatable bonds is 16. The van der Waals surface area contributed by atoms with Crippen LogP contribution in [0.1, 0.15) is 118 Å². The number of fused-ring (bicyclic) bond motifs is 2. The molecule has 0 spiro atoms. The van der Waals surface area contributed by atoms with Crippen LogP contribution in [0.25, 0.3) is 0 Å². The predicted molar refractivity (Wildman–Crippen MR) is 226 cm³/mol. The van der Waals surface area contributed by atoms with Gasteiger partial charge in [0.05, 0.1) is 31.5 Å². The number of methoxy groups -OCH3 is 1. The summed E-state index contributed by atoms with van der Waals surface area (Å²) in [7, 11) is 10.2. The number of hydrogen-bond donors (Lipinski definition) is 5. The minimum absolute atomic E-state index is 0.0267. The van der Waals surface area contributed by atoms with E-state index in [-0.39, 0.29) is 78.3 Å². The van der Waals surface area contributed by atoms with E-state index in [0.29, 0.717) is 23.7 Å². The van der Waals surface area contributed by atoms with Gasteiger partial charge in [-0.15, -0.1) is 0 Å². The van der Waals surface area contributed by atoms with Crippen molar-refractivity contribution in [3.8, 4) is 0 Å². The zero-order valence-electron chi connectivity index (χ0n) is 37.7. The van der Waals surface area contributed by atoms with Gasteiger partial charge in [-0.1, -0.05) is 59.3 Å². The van der Waals surface area contributed by atoms with Crippen LogP contribution in [0.2, 0.25) is 0 Å². The van der Waals surface area contributed by atoms with Gasteiger partial charge in [-0.2, -0.15) is 5.06 Å². The lowest BCUT2D eigenvalue weighted by molar-refractivity contribution is -0.227. The molecule has 0 radical (unpaired) electrons. The summed E-state index contributed by atoms with van der Waals surface area (Å²) in [5.41, 5.74) is 0.277. The van der Waals surface area contributed by atoms with Gasteiger partial charge in [-0.3, -0.25) is 14.4 Å². The number of likely N-dealkylation sites (N-methyl/N-ethyl adjacent to an activating group) is 1. The first-order valence-electron chi connectivity index (χ1n) is 23.4. The van der Waals surface area contributed by atoms with E-state index in [0.717, 1.165) is 57.9 Å². The molecule has 7 fully saturated rings. The fourth-order valence-corrected chi connectivity index (χ4v) is 13.6. The first-order valence-corrected chi connectivity index (χ1v) is 23.4. The lowest BCUT2D eigenvalue weighted by Crippen LogP contribution is -2.63. The van der Waals surface area contributed by atoms with Gasteiger partial charge in [-0.05, 0) is 127 Å². The van der Waals surface area contributed by atoms with Crippen LogP contribution in [-0.4, -0.2) is 146 Å². The fraction of sp³-hybridized carbons (Fsp3) is 0.957. The lowest BCUT2D eigenvalue weighted by Gasteiger charge is -2.62. The predicted octanol–water partition coefficient (Wildman–Crippen LogP) is 4.30. The first-order chi connectivity index (χ1) is 27.6. The molecule has 334 valence electrons. The van der Waals surface area contributed by atoms with Crippen LogP contribution in [0.4, 0.5) is 0 Å². The average Bonchev–Trinajstić information content (AvgIpc) is 3.58. The second-order valence-electron chi connectivity index (χ2n) is 21.2. The Hall–Kier alpha value is -1.38. The molecule has 12 heteroatoms. The third kappa shape index (κ3) is 9.79. The third-order valence-corrected chi connectivity index (χ3v) is 16.9. The third-order valence-electron chi connectivity index (χ3n) is 16.9. The normalized spacial score (nSPS) is 39.9. The Morgan fingerprint density at radius 2 is 1.67 bits per heavy atom. The minimum Gasteiger partial charge on any atom is -0.395 e. The Morgan fingerprint density at radius 3 is 2.26 bits per heavy atom. The summed E-state index contributed by atoms with van der Waals surface area (Å²) in [5.74, 6) is 1.57. The Bertz CT molecular complexity index is 1340. The molecular weight excluding hydrogens is 735 g/mol. The van der Waals surface area contributed by atoms with Gasteiger partial charge < -0.3 is 40.5 Å². The van der Waals surface area contributed by atoms with E-state index in [9.17, 15) is 24.9 Å². The second-order valence-corrected chi connectivity index (χ2v) is 21.2.